The van der Waals surface area contributed by atoms with Gasteiger partial charge in [-0.15, -0.1) is 12.4 Å². The van der Waals surface area contributed by atoms with Crippen LogP contribution in [0.1, 0.15) is 32.8 Å². The van der Waals surface area contributed by atoms with Crippen LogP contribution in [0.5, 0.6) is 0 Å². The molecule has 0 saturated heterocycles. The van der Waals surface area contributed by atoms with Crippen molar-refractivity contribution < 1.29 is 14.3 Å². The van der Waals surface area contributed by atoms with Gasteiger partial charge in [-0.1, -0.05) is 44.2 Å². The molecule has 0 bridgehead atoms. The Labute approximate surface area is 150 Å². The Kier molecular flexibility index (Phi) is 7.67. The third kappa shape index (κ3) is 4.28. The normalized spacial score (nSPS) is 24.6. The van der Waals surface area contributed by atoms with E-state index in [9.17, 15) is 4.79 Å². The van der Waals surface area contributed by atoms with Crippen molar-refractivity contribution in [2.24, 2.45) is 11.1 Å². The van der Waals surface area contributed by atoms with Crippen LogP contribution in [0.25, 0.3) is 0 Å². The Bertz CT molecular complexity index is 524. The molecule has 24 heavy (non-hydrogen) atoms. The average Bonchev–Trinajstić information content (AvgIpc) is 2.55. The molecular weight excluding hydrogens is 328 g/mol. The number of amides is 1. The molecular formula is C18H29ClN2O3. The van der Waals surface area contributed by atoms with Gasteiger partial charge in [0.1, 0.15) is 5.54 Å². The zero-order valence-electron chi connectivity index (χ0n) is 14.7. The van der Waals surface area contributed by atoms with Gasteiger partial charge in [0.2, 0.25) is 5.91 Å². The minimum atomic E-state index is -0.869. The number of ether oxygens (including phenoxy) is 2. The van der Waals surface area contributed by atoms with E-state index in [1.165, 1.54) is 0 Å². The molecule has 0 heterocycles. The van der Waals surface area contributed by atoms with Gasteiger partial charge < -0.3 is 20.5 Å². The summed E-state index contributed by atoms with van der Waals surface area (Å²) in [5.74, 6) is -0.123. The number of nitrogens with one attached hydrogen (secondary N) is 1. The molecule has 1 aromatic rings. The molecule has 1 aliphatic rings. The number of nitrogens with two attached hydrogens (primary N) is 1. The molecule has 0 aromatic heterocycles. The first-order chi connectivity index (χ1) is 10.9. The predicted molar refractivity (Wildman–Crippen MR) is 97.1 cm³/mol. The highest BCUT2D eigenvalue weighted by atomic mass is 35.5. The third-order valence-electron chi connectivity index (χ3n) is 4.88. The van der Waals surface area contributed by atoms with Gasteiger partial charge in [-0.2, -0.15) is 0 Å². The summed E-state index contributed by atoms with van der Waals surface area (Å²) in [5.41, 5.74) is 6.21. The first-order valence-corrected chi connectivity index (χ1v) is 8.22. The minimum Gasteiger partial charge on any atom is -0.378 e. The molecule has 1 amide bonds. The summed E-state index contributed by atoms with van der Waals surface area (Å²) in [6.07, 6.45) is 0.599. The Morgan fingerprint density at radius 2 is 2.00 bits per heavy atom. The number of carbonyl (C=O) groups excluding carboxylic acids is 1. The van der Waals surface area contributed by atoms with Gasteiger partial charge in [0, 0.05) is 25.0 Å². The lowest BCUT2D eigenvalue weighted by molar-refractivity contribution is -0.170. The minimum absolute atomic E-state index is 0. The van der Waals surface area contributed by atoms with Crippen LogP contribution in [0.15, 0.2) is 30.3 Å². The Morgan fingerprint density at radius 1 is 1.33 bits per heavy atom. The van der Waals surface area contributed by atoms with Crippen molar-refractivity contribution in [3.63, 3.8) is 0 Å². The lowest BCUT2D eigenvalue weighted by Crippen LogP contribution is -2.75. The van der Waals surface area contributed by atoms with E-state index in [4.69, 9.17) is 15.2 Å². The van der Waals surface area contributed by atoms with Crippen LogP contribution >= 0.6 is 12.4 Å². The van der Waals surface area contributed by atoms with Crippen molar-refractivity contribution in [1.29, 1.82) is 0 Å². The van der Waals surface area contributed by atoms with Gasteiger partial charge in [0.15, 0.2) is 0 Å². The molecule has 5 nitrogen and oxygen atoms in total. The third-order valence-corrected chi connectivity index (χ3v) is 4.88. The Balaban J connectivity index is 0.00000288. The van der Waals surface area contributed by atoms with E-state index < -0.39 is 5.54 Å². The molecule has 2 unspecified atom stereocenters. The smallest absolute Gasteiger partial charge is 0.240 e. The van der Waals surface area contributed by atoms with Gasteiger partial charge in [-0.3, -0.25) is 4.79 Å². The first-order valence-electron chi connectivity index (χ1n) is 8.22. The maximum atomic E-state index is 12.4. The summed E-state index contributed by atoms with van der Waals surface area (Å²) in [4.78, 5) is 12.4. The van der Waals surface area contributed by atoms with Gasteiger partial charge >= 0.3 is 0 Å². The van der Waals surface area contributed by atoms with E-state index in [1.807, 2.05) is 51.1 Å². The SMILES string of the molecule is CCOC1CC(N)(C(=O)NCCOCc2ccccc2)C1(C)C.Cl. The van der Waals surface area contributed by atoms with E-state index >= 15 is 0 Å². The zero-order chi connectivity index (χ0) is 16.9. The highest BCUT2D eigenvalue weighted by Crippen LogP contribution is 2.49. The number of hydrogen-bond donors (Lipinski definition) is 2. The molecule has 2 atom stereocenters. The van der Waals surface area contributed by atoms with Crippen LogP contribution in [0.3, 0.4) is 0 Å². The van der Waals surface area contributed by atoms with E-state index in [1.54, 1.807) is 0 Å². The van der Waals surface area contributed by atoms with Crippen LogP contribution in [-0.2, 0) is 20.9 Å². The second-order valence-electron chi connectivity index (χ2n) is 6.64. The molecule has 2 rings (SSSR count). The fraction of sp³-hybridized carbons (Fsp3) is 0.611. The largest absolute Gasteiger partial charge is 0.378 e. The maximum Gasteiger partial charge on any atom is 0.240 e. The number of hydrogen-bond acceptors (Lipinski definition) is 4. The van der Waals surface area contributed by atoms with Gasteiger partial charge in [-0.05, 0) is 12.5 Å². The highest BCUT2D eigenvalue weighted by Gasteiger charge is 2.62. The topological polar surface area (TPSA) is 73.6 Å². The molecule has 1 aromatic carbocycles. The van der Waals surface area contributed by atoms with Crippen molar-refractivity contribution in [2.75, 3.05) is 19.8 Å². The van der Waals surface area contributed by atoms with Gasteiger partial charge in [-0.25, -0.2) is 0 Å². The molecule has 1 saturated carbocycles. The second-order valence-corrected chi connectivity index (χ2v) is 6.64. The second kappa shape index (κ2) is 8.81. The Morgan fingerprint density at radius 3 is 2.58 bits per heavy atom. The molecule has 1 fully saturated rings. The van der Waals surface area contributed by atoms with Crippen molar-refractivity contribution in [1.82, 2.24) is 5.32 Å². The maximum absolute atomic E-state index is 12.4. The lowest BCUT2D eigenvalue weighted by atomic mass is 9.54. The standard InChI is InChI=1S/C18H28N2O3.ClH/c1-4-23-15-12-18(19,17(15,2)3)16(21)20-10-11-22-13-14-8-6-5-7-9-14;/h5-9,15H,4,10-13,19H2,1-3H3,(H,20,21);1H. The molecule has 6 heteroatoms. The predicted octanol–water partition coefficient (Wildman–Crippen LogP) is 2.27. The highest BCUT2D eigenvalue weighted by molar-refractivity contribution is 5.88. The van der Waals surface area contributed by atoms with Gasteiger partial charge in [0.05, 0.1) is 19.3 Å². The lowest BCUT2D eigenvalue weighted by Gasteiger charge is -2.57. The van der Waals surface area contributed by atoms with Crippen LogP contribution in [0.2, 0.25) is 0 Å². The van der Waals surface area contributed by atoms with Crippen molar-refractivity contribution in [2.45, 2.75) is 45.4 Å². The van der Waals surface area contributed by atoms with E-state index in [2.05, 4.69) is 5.32 Å². The number of benzene rings is 1. The summed E-state index contributed by atoms with van der Waals surface area (Å²) >= 11 is 0. The quantitative estimate of drug-likeness (QED) is 0.701. The van der Waals surface area contributed by atoms with Crippen LogP contribution in [0, 0.1) is 5.41 Å². The summed E-state index contributed by atoms with van der Waals surface area (Å²) in [6, 6.07) is 9.95. The number of rotatable bonds is 8. The van der Waals surface area contributed by atoms with Gasteiger partial charge in [0.25, 0.3) is 0 Å². The van der Waals surface area contributed by atoms with Crippen molar-refractivity contribution >= 4 is 18.3 Å². The fourth-order valence-corrected chi connectivity index (χ4v) is 2.98. The molecule has 3 N–H and O–H groups in total. The summed E-state index contributed by atoms with van der Waals surface area (Å²) in [6.45, 7) is 8.04. The van der Waals surface area contributed by atoms with Crippen LogP contribution in [0.4, 0.5) is 0 Å². The zero-order valence-corrected chi connectivity index (χ0v) is 15.5. The van der Waals surface area contributed by atoms with Crippen LogP contribution < -0.4 is 11.1 Å². The summed E-state index contributed by atoms with van der Waals surface area (Å²) in [7, 11) is 0. The van der Waals surface area contributed by atoms with E-state index in [0.717, 1.165) is 5.56 Å². The van der Waals surface area contributed by atoms with Crippen LogP contribution in [-0.4, -0.2) is 37.3 Å². The molecule has 0 aliphatic heterocycles. The monoisotopic (exact) mass is 356 g/mol. The summed E-state index contributed by atoms with van der Waals surface area (Å²) in [5, 5.41) is 2.89. The van der Waals surface area contributed by atoms with E-state index in [0.29, 0.717) is 32.8 Å². The average molecular weight is 357 g/mol. The molecule has 1 aliphatic carbocycles. The first kappa shape index (κ1) is 20.9. The van der Waals surface area contributed by atoms with E-state index in [-0.39, 0.29) is 29.8 Å². The van der Waals surface area contributed by atoms with Crippen molar-refractivity contribution in [3.05, 3.63) is 35.9 Å². The number of carbonyl (C=O) groups is 1. The fourth-order valence-electron chi connectivity index (χ4n) is 2.98. The molecule has 0 spiro atoms. The van der Waals surface area contributed by atoms with Crippen molar-refractivity contribution in [3.8, 4) is 0 Å². The Hall–Kier alpha value is -1.14. The summed E-state index contributed by atoms with van der Waals surface area (Å²) < 4.78 is 11.2. The molecule has 136 valence electrons. The number of halogens is 1. The molecule has 0 radical (unpaired) electrons.